The molecule has 4 aromatic carbocycles. The van der Waals surface area contributed by atoms with Gasteiger partial charge >= 0.3 is 59.1 Å². The fraction of sp³-hybridized carbons (Fsp3) is 0.209. The summed E-state index contributed by atoms with van der Waals surface area (Å²) in [5.74, 6) is -0.313. The summed E-state index contributed by atoms with van der Waals surface area (Å²) in [4.78, 5) is 50.4. The van der Waals surface area contributed by atoms with E-state index in [0.717, 1.165) is 12.5 Å². The molecule has 0 unspecified atom stereocenters. The zero-order chi connectivity index (χ0) is 49.9. The molecule has 2 aromatic heterocycles. The van der Waals surface area contributed by atoms with Crippen LogP contribution in [0.3, 0.4) is 0 Å². The van der Waals surface area contributed by atoms with Gasteiger partial charge in [-0.1, -0.05) is 31.2 Å². The van der Waals surface area contributed by atoms with Gasteiger partial charge in [0.2, 0.25) is 35.7 Å². The van der Waals surface area contributed by atoms with E-state index in [1.807, 2.05) is 6.92 Å². The van der Waals surface area contributed by atoms with Gasteiger partial charge in [-0.2, -0.15) is 34.2 Å². The number of nitrogens with zero attached hydrogens (tertiary/aromatic N) is 6. The molecule has 29 heteroatoms. The van der Waals surface area contributed by atoms with E-state index in [1.165, 1.54) is 24.3 Å². The number of aromatic nitrogens is 6. The van der Waals surface area contributed by atoms with Crippen LogP contribution in [0.2, 0.25) is 0 Å². The average molecular weight is 1050 g/mol. The quantitative estimate of drug-likeness (QED) is 0.00645. The van der Waals surface area contributed by atoms with Gasteiger partial charge < -0.3 is 67.7 Å². The summed E-state index contributed by atoms with van der Waals surface area (Å²) in [6.45, 7) is 2.14. The van der Waals surface area contributed by atoms with Gasteiger partial charge in [0.1, 0.15) is 10.1 Å². The van der Waals surface area contributed by atoms with Crippen molar-refractivity contribution in [2.75, 3.05) is 77.9 Å². The van der Waals surface area contributed by atoms with Crippen molar-refractivity contribution in [1.82, 2.24) is 40.5 Å². The van der Waals surface area contributed by atoms with Gasteiger partial charge in [-0.15, -0.1) is 0 Å². The summed E-state index contributed by atoms with van der Waals surface area (Å²) in [5, 5.41) is 65.4. The Morgan fingerprint density at radius 3 is 1.43 bits per heavy atom. The van der Waals surface area contributed by atoms with Gasteiger partial charge in [-0.05, 0) is 90.3 Å². The summed E-state index contributed by atoms with van der Waals surface area (Å²) in [5.41, 5.74) is 2.77. The third-order valence-corrected chi connectivity index (χ3v) is 10.8. The number of nitrogens with one attached hydrogen (secondary N) is 8. The first-order valence-corrected chi connectivity index (χ1v) is 23.2. The zero-order valence-electron chi connectivity index (χ0n) is 39.0. The van der Waals surface area contributed by atoms with Crippen molar-refractivity contribution in [3.8, 4) is 0 Å². The van der Waals surface area contributed by atoms with Crippen molar-refractivity contribution >= 4 is 105 Å². The number of anilines is 10. The van der Waals surface area contributed by atoms with Crippen LogP contribution in [0.5, 0.6) is 0 Å². The van der Waals surface area contributed by atoms with Crippen LogP contribution in [0.1, 0.15) is 45.2 Å². The predicted octanol–water partition coefficient (Wildman–Crippen LogP) is -2.99. The van der Waals surface area contributed by atoms with Crippen LogP contribution in [-0.4, -0.2) is 116 Å². The maximum absolute atomic E-state index is 12.6. The van der Waals surface area contributed by atoms with E-state index in [4.69, 9.17) is 5.11 Å². The molecule has 6 aromatic rings. The number of amides is 2. The van der Waals surface area contributed by atoms with Crippen LogP contribution in [-0.2, 0) is 19.5 Å². The van der Waals surface area contributed by atoms with Crippen LogP contribution < -0.4 is 107 Å². The first-order chi connectivity index (χ1) is 33.9. The third kappa shape index (κ3) is 18.2. The summed E-state index contributed by atoms with van der Waals surface area (Å²) >= 11 is 0.542. The molecule has 11 N–H and O–H groups in total. The molecule has 72 heavy (non-hydrogen) atoms. The fourth-order valence-corrected chi connectivity index (χ4v) is 7.23. The molecule has 2 amide bonds. The Hall–Kier alpha value is -5.60. The van der Waals surface area contributed by atoms with Crippen molar-refractivity contribution in [1.29, 1.82) is 0 Å². The van der Waals surface area contributed by atoms with Crippen LogP contribution >= 0.6 is 12.0 Å². The molecule has 0 radical (unpaired) electrons. The first-order valence-electron chi connectivity index (χ1n) is 21.1. The van der Waals surface area contributed by atoms with Crippen molar-refractivity contribution in [2.45, 2.75) is 23.1 Å². The summed E-state index contributed by atoms with van der Waals surface area (Å²) < 4.78 is 42.6. The van der Waals surface area contributed by atoms with Crippen molar-refractivity contribution in [2.24, 2.45) is 0 Å². The Morgan fingerprint density at radius 1 is 0.583 bits per heavy atom. The van der Waals surface area contributed by atoms with E-state index >= 15 is 0 Å². The topological polar surface area (TPSA) is 367 Å². The smallest absolute Gasteiger partial charge is 0.744 e. The van der Waals surface area contributed by atoms with E-state index < -0.39 is 15.0 Å². The van der Waals surface area contributed by atoms with Crippen molar-refractivity contribution in [3.05, 3.63) is 107 Å². The largest absolute Gasteiger partial charge is 1.00 e. The standard InChI is InChI=1S/C43H48N14O11S2.2Na/c1-2-17-44-36(61)28-7-11-30(12-8-28)48-40-52-38(46-19-22-59)54-42(56-40)50-32-15-5-26(34(24-32)69-68-67-63)3-4-27-6-16-33(25-35(27)70(64,65)66)51-43-55-39(47-20-23-60)53-41(57-43)49-31-13-9-29(10-14-31)37(62)45-18-21-58;;/h3-16,24-25,58-60,63H,2,17-23H2,1H3,(H,44,61)(H,45,62)(H,64,65,66)(H3,46,48,50,52,54,56)(H3,47,49,51,53,55,57);;/q;2*+1/p-2/b4-3+;;. The van der Waals surface area contributed by atoms with Crippen LogP contribution in [0.4, 0.5) is 58.4 Å². The van der Waals surface area contributed by atoms with Gasteiger partial charge in [-0.3, -0.25) is 14.6 Å². The zero-order valence-corrected chi connectivity index (χ0v) is 44.6. The van der Waals surface area contributed by atoms with Gasteiger partial charge in [-0.25, -0.2) is 8.42 Å². The minimum atomic E-state index is -5.09. The van der Waals surface area contributed by atoms with Gasteiger partial charge in [0, 0.05) is 65.0 Å². The molecule has 0 aliphatic heterocycles. The molecule has 0 fully saturated rings. The molecule has 0 saturated heterocycles. The molecule has 6 rings (SSSR count). The SMILES string of the molecule is CCCNC(=O)c1ccc(Nc2nc(NCCO)nc(Nc3ccc(/C=C/c4ccc(Nc5nc(NCCO)nc(Nc6ccc(C(=O)NCCO)cc6)n5)cc4S(=O)(=O)[O-])c(SOO[O-])c3)n2)cc1.[Na+].[Na+]. The van der Waals surface area contributed by atoms with Gasteiger partial charge in [0.05, 0.1) is 36.8 Å². The maximum atomic E-state index is 12.6. The molecule has 25 nitrogen and oxygen atoms in total. The Balaban J connectivity index is 0.00000562. The summed E-state index contributed by atoms with van der Waals surface area (Å²) in [7, 11) is -5.09. The van der Waals surface area contributed by atoms with Crippen LogP contribution in [0, 0.1) is 0 Å². The van der Waals surface area contributed by atoms with E-state index in [-0.39, 0.29) is 157 Å². The molecular formula is C43H46N14Na2O11S2. The number of carbonyl (C=O) groups is 2. The normalized spacial score (nSPS) is 10.9. The van der Waals surface area contributed by atoms with Crippen molar-refractivity contribution in [3.63, 3.8) is 0 Å². The first kappa shape index (κ1) is 59.0. The second-order valence-electron chi connectivity index (χ2n) is 14.3. The maximum Gasteiger partial charge on any atom is 1.00 e. The number of rotatable bonds is 26. The molecular weight excluding hydrogens is 999 g/mol. The van der Waals surface area contributed by atoms with E-state index in [1.54, 1.807) is 66.7 Å². The Kier molecular flexibility index (Phi) is 24.4. The van der Waals surface area contributed by atoms with Gasteiger partial charge in [0.25, 0.3) is 11.8 Å². The fourth-order valence-electron chi connectivity index (χ4n) is 6.03. The molecule has 2 heterocycles. The van der Waals surface area contributed by atoms with E-state index in [2.05, 4.69) is 81.8 Å². The molecule has 0 atom stereocenters. The Labute approximate surface area is 461 Å². The number of hydrogen-bond donors (Lipinski definition) is 11. The number of aliphatic hydroxyl groups is 3. The number of hydrogen-bond acceptors (Lipinski definition) is 24. The second kappa shape index (κ2) is 29.8. The number of benzene rings is 4. The predicted molar refractivity (Wildman–Crippen MR) is 257 cm³/mol. The van der Waals surface area contributed by atoms with Crippen LogP contribution in [0.15, 0.2) is 94.7 Å². The second-order valence-corrected chi connectivity index (χ2v) is 16.4. The summed E-state index contributed by atoms with van der Waals surface area (Å²) in [6.07, 6.45) is 3.65. The molecule has 0 aliphatic rings. The average Bonchev–Trinajstić information content (AvgIpc) is 3.35. The molecule has 368 valence electrons. The van der Waals surface area contributed by atoms with Crippen LogP contribution in [0.25, 0.3) is 12.2 Å². The van der Waals surface area contributed by atoms with E-state index in [9.17, 15) is 38.0 Å². The molecule has 0 saturated carbocycles. The molecule has 0 bridgehead atoms. The molecule has 0 spiro atoms. The third-order valence-electron chi connectivity index (χ3n) is 9.20. The van der Waals surface area contributed by atoms with E-state index in [0.29, 0.717) is 57.2 Å². The Morgan fingerprint density at radius 2 is 0.986 bits per heavy atom. The van der Waals surface area contributed by atoms with Gasteiger partial charge in [0.15, 0.2) is 0 Å². The summed E-state index contributed by atoms with van der Waals surface area (Å²) in [6, 6.07) is 21.7. The molecule has 0 aliphatic carbocycles. The Bertz CT molecular complexity index is 2880. The minimum Gasteiger partial charge on any atom is -0.744 e. The monoisotopic (exact) mass is 1040 g/mol. The number of aliphatic hydroxyl groups excluding tert-OH is 3. The van der Waals surface area contributed by atoms with Crippen molar-refractivity contribution < 1.29 is 112 Å². The minimum absolute atomic E-state index is 0. The number of carbonyl (C=O) groups excluding carboxylic acids is 2.